The maximum absolute atomic E-state index is 12.1. The molecule has 0 aromatic heterocycles. The van der Waals surface area contributed by atoms with Gasteiger partial charge >= 0.3 is 0 Å². The van der Waals surface area contributed by atoms with E-state index in [0.717, 1.165) is 0 Å². The molecule has 0 radical (unpaired) electrons. The van der Waals surface area contributed by atoms with Crippen LogP contribution in [0.25, 0.3) is 0 Å². The molecule has 0 aliphatic heterocycles. The van der Waals surface area contributed by atoms with E-state index in [9.17, 15) is 8.42 Å². The van der Waals surface area contributed by atoms with E-state index in [1.165, 1.54) is 8.61 Å². The first-order valence-corrected chi connectivity index (χ1v) is 6.69. The van der Waals surface area contributed by atoms with Gasteiger partial charge in [-0.15, -0.1) is 0 Å². The van der Waals surface area contributed by atoms with E-state index in [0.29, 0.717) is 6.54 Å². The second-order valence-electron chi connectivity index (χ2n) is 3.88. The quantitative estimate of drug-likeness (QED) is 0.500. The van der Waals surface area contributed by atoms with Crippen LogP contribution in [-0.4, -0.2) is 49.0 Å². The zero-order valence-electron chi connectivity index (χ0n) is 10.4. The van der Waals surface area contributed by atoms with E-state index in [1.807, 2.05) is 13.8 Å². The minimum Gasteiger partial charge on any atom is -0.388 e. The number of nitrogens with one attached hydrogen (secondary N) is 1. The molecule has 0 aliphatic rings. The van der Waals surface area contributed by atoms with Crippen molar-refractivity contribution >= 4 is 16.0 Å². The van der Waals surface area contributed by atoms with Crippen molar-refractivity contribution < 1.29 is 8.42 Å². The van der Waals surface area contributed by atoms with Gasteiger partial charge in [-0.3, -0.25) is 5.41 Å². The first-order chi connectivity index (χ1) is 7.23. The van der Waals surface area contributed by atoms with Crippen LogP contribution in [0, 0.1) is 5.41 Å². The molecule has 3 N–H and O–H groups in total. The Morgan fingerprint density at radius 1 is 1.44 bits per heavy atom. The Morgan fingerprint density at radius 2 is 1.94 bits per heavy atom. The summed E-state index contributed by atoms with van der Waals surface area (Å²) in [7, 11) is -1.88. The second-order valence-corrected chi connectivity index (χ2v) is 5.87. The Balaban J connectivity index is 4.74. The highest BCUT2D eigenvalue weighted by Gasteiger charge is 2.27. The smallest absolute Gasteiger partial charge is 0.281 e. The average Bonchev–Trinajstić information content (AvgIpc) is 2.16. The predicted octanol–water partition coefficient (Wildman–Crippen LogP) is 0.219. The summed E-state index contributed by atoms with van der Waals surface area (Å²) in [5, 5.41) is 7.10. The first-order valence-electron chi connectivity index (χ1n) is 5.29. The van der Waals surface area contributed by atoms with Gasteiger partial charge in [-0.2, -0.15) is 17.0 Å². The van der Waals surface area contributed by atoms with Crippen molar-refractivity contribution in [3.8, 4) is 0 Å². The van der Waals surface area contributed by atoms with E-state index in [4.69, 9.17) is 11.1 Å². The fraction of sp³-hybridized carbons (Fsp3) is 0.889. The van der Waals surface area contributed by atoms with E-state index in [2.05, 4.69) is 0 Å². The molecule has 0 bridgehead atoms. The number of hydrogen-bond donors (Lipinski definition) is 2. The lowest BCUT2D eigenvalue weighted by molar-refractivity contribution is 0.344. The average molecular weight is 250 g/mol. The topological polar surface area (TPSA) is 90.5 Å². The maximum Gasteiger partial charge on any atom is 0.281 e. The molecule has 16 heavy (non-hydrogen) atoms. The fourth-order valence-electron chi connectivity index (χ4n) is 1.13. The summed E-state index contributed by atoms with van der Waals surface area (Å²) in [5.41, 5.74) is 5.22. The molecule has 0 aromatic carbocycles. The standard InChI is InChI=1S/C9H22N4O2S/c1-5-13(7-6-9(10)11)16(14,15)12(4)8(2)3/h8H,5-7H2,1-4H3,(H3,10,11). The summed E-state index contributed by atoms with van der Waals surface area (Å²) in [4.78, 5) is 0. The third-order valence-electron chi connectivity index (χ3n) is 2.40. The highest BCUT2D eigenvalue weighted by atomic mass is 32.2. The molecule has 0 fully saturated rings. The summed E-state index contributed by atoms with van der Waals surface area (Å²) >= 11 is 0. The SMILES string of the molecule is CCN(CCC(=N)N)S(=O)(=O)N(C)C(C)C. The molecular weight excluding hydrogens is 228 g/mol. The highest BCUT2D eigenvalue weighted by molar-refractivity contribution is 7.86. The highest BCUT2D eigenvalue weighted by Crippen LogP contribution is 2.10. The Hall–Kier alpha value is -0.660. The van der Waals surface area contributed by atoms with Crippen LogP contribution in [0.3, 0.4) is 0 Å². The van der Waals surface area contributed by atoms with Crippen LogP contribution in [-0.2, 0) is 10.2 Å². The lowest BCUT2D eigenvalue weighted by atomic mass is 10.4. The van der Waals surface area contributed by atoms with Crippen LogP contribution in [0.5, 0.6) is 0 Å². The van der Waals surface area contributed by atoms with Gasteiger partial charge in [0.1, 0.15) is 0 Å². The summed E-state index contributed by atoms with van der Waals surface area (Å²) in [6.45, 7) is 6.04. The molecule has 0 amide bonds. The third kappa shape index (κ3) is 4.07. The van der Waals surface area contributed by atoms with Gasteiger partial charge in [0.25, 0.3) is 10.2 Å². The Bertz CT molecular complexity index is 326. The third-order valence-corrected chi connectivity index (χ3v) is 4.64. The summed E-state index contributed by atoms with van der Waals surface area (Å²) in [6, 6.07) is -0.0867. The summed E-state index contributed by atoms with van der Waals surface area (Å²) in [6.07, 6.45) is 0.263. The Kier molecular flexibility index (Phi) is 5.91. The minimum absolute atomic E-state index is 0.000787. The van der Waals surface area contributed by atoms with Gasteiger partial charge in [0, 0.05) is 32.6 Å². The molecule has 0 atom stereocenters. The van der Waals surface area contributed by atoms with Gasteiger partial charge < -0.3 is 5.73 Å². The molecule has 0 heterocycles. The van der Waals surface area contributed by atoms with Crippen LogP contribution in [0.15, 0.2) is 0 Å². The molecule has 0 spiro atoms. The lowest BCUT2D eigenvalue weighted by Gasteiger charge is -2.28. The lowest BCUT2D eigenvalue weighted by Crippen LogP contribution is -2.45. The van der Waals surface area contributed by atoms with Crippen LogP contribution in [0.1, 0.15) is 27.2 Å². The van der Waals surface area contributed by atoms with E-state index in [1.54, 1.807) is 14.0 Å². The van der Waals surface area contributed by atoms with E-state index >= 15 is 0 Å². The molecule has 0 saturated heterocycles. The van der Waals surface area contributed by atoms with E-state index < -0.39 is 10.2 Å². The largest absolute Gasteiger partial charge is 0.388 e. The van der Waals surface area contributed by atoms with Crippen molar-refractivity contribution in [2.24, 2.45) is 5.73 Å². The van der Waals surface area contributed by atoms with Crippen molar-refractivity contribution in [1.82, 2.24) is 8.61 Å². The number of nitrogens with two attached hydrogens (primary N) is 1. The first kappa shape index (κ1) is 15.3. The molecule has 0 aliphatic carbocycles. The molecule has 0 saturated carbocycles. The monoisotopic (exact) mass is 250 g/mol. The molecule has 0 unspecified atom stereocenters. The number of hydrogen-bond acceptors (Lipinski definition) is 3. The van der Waals surface area contributed by atoms with Crippen LogP contribution in [0.4, 0.5) is 0 Å². The molecule has 0 rings (SSSR count). The molecular formula is C9H22N4O2S. The van der Waals surface area contributed by atoms with Gasteiger partial charge in [0.05, 0.1) is 5.84 Å². The van der Waals surface area contributed by atoms with Gasteiger partial charge in [-0.1, -0.05) is 6.92 Å². The van der Waals surface area contributed by atoms with Gasteiger partial charge in [-0.05, 0) is 13.8 Å². The summed E-state index contributed by atoms with van der Waals surface area (Å²) in [5.74, 6) is 0.000787. The van der Waals surface area contributed by atoms with Gasteiger partial charge in [0.2, 0.25) is 0 Å². The molecule has 7 heteroatoms. The normalized spacial score (nSPS) is 12.7. The van der Waals surface area contributed by atoms with Crippen molar-refractivity contribution in [2.45, 2.75) is 33.2 Å². The summed E-state index contributed by atoms with van der Waals surface area (Å²) < 4.78 is 26.8. The van der Waals surface area contributed by atoms with Crippen LogP contribution < -0.4 is 5.73 Å². The van der Waals surface area contributed by atoms with Gasteiger partial charge in [-0.25, -0.2) is 0 Å². The fourth-order valence-corrected chi connectivity index (χ4v) is 2.68. The zero-order chi connectivity index (χ0) is 12.9. The van der Waals surface area contributed by atoms with Crippen LogP contribution in [0.2, 0.25) is 0 Å². The number of amidine groups is 1. The minimum atomic E-state index is -3.43. The molecule has 96 valence electrons. The van der Waals surface area contributed by atoms with Gasteiger partial charge in [0.15, 0.2) is 0 Å². The van der Waals surface area contributed by atoms with Crippen molar-refractivity contribution in [2.75, 3.05) is 20.1 Å². The predicted molar refractivity (Wildman–Crippen MR) is 65.6 cm³/mol. The second kappa shape index (κ2) is 6.17. The van der Waals surface area contributed by atoms with Crippen LogP contribution >= 0.6 is 0 Å². The molecule has 6 nitrogen and oxygen atoms in total. The van der Waals surface area contributed by atoms with E-state index in [-0.39, 0.29) is 24.8 Å². The Labute approximate surface area is 98.1 Å². The maximum atomic E-state index is 12.1. The molecule has 0 aromatic rings. The zero-order valence-corrected chi connectivity index (χ0v) is 11.2. The number of rotatable bonds is 7. The Morgan fingerprint density at radius 3 is 2.25 bits per heavy atom. The number of nitrogens with zero attached hydrogens (tertiary/aromatic N) is 2. The van der Waals surface area contributed by atoms with Crippen molar-refractivity contribution in [1.29, 1.82) is 5.41 Å². The van der Waals surface area contributed by atoms with Crippen molar-refractivity contribution in [3.63, 3.8) is 0 Å². The van der Waals surface area contributed by atoms with Crippen molar-refractivity contribution in [3.05, 3.63) is 0 Å².